The number of carbonyl (C=O) groups excluding carboxylic acids is 1. The summed E-state index contributed by atoms with van der Waals surface area (Å²) in [7, 11) is 1.35. The summed E-state index contributed by atoms with van der Waals surface area (Å²) in [6, 6.07) is 30.5. The quantitative estimate of drug-likeness (QED) is 0.0830. The van der Waals surface area contributed by atoms with Crippen molar-refractivity contribution in [2.75, 3.05) is 12.0 Å². The Labute approximate surface area is 256 Å². The zero-order valence-corrected chi connectivity index (χ0v) is 24.4. The molecule has 3 heterocycles. The van der Waals surface area contributed by atoms with Gasteiger partial charge in [-0.05, 0) is 85.0 Å². The first kappa shape index (κ1) is 28.1. The number of esters is 1. The van der Waals surface area contributed by atoms with Gasteiger partial charge in [0.1, 0.15) is 17.6 Å². The number of non-ortho nitro benzene ring substituents is 1. The summed E-state index contributed by atoms with van der Waals surface area (Å²) in [5.41, 5.74) is 3.03. The fourth-order valence-electron chi connectivity index (χ4n) is 4.92. The van der Waals surface area contributed by atoms with Crippen LogP contribution in [0.15, 0.2) is 124 Å². The molecule has 1 aliphatic rings. The van der Waals surface area contributed by atoms with Gasteiger partial charge in [-0.2, -0.15) is 0 Å². The first-order valence-electron chi connectivity index (χ1n) is 13.2. The van der Waals surface area contributed by atoms with Crippen LogP contribution in [0, 0.1) is 10.1 Å². The summed E-state index contributed by atoms with van der Waals surface area (Å²) in [5.74, 6) is 0.946. The minimum Gasteiger partial charge on any atom is -0.465 e. The lowest BCUT2D eigenvalue weighted by Crippen LogP contribution is -2.29. The Bertz CT molecular complexity index is 1780. The number of furan rings is 1. The molecule has 9 nitrogen and oxygen atoms in total. The van der Waals surface area contributed by atoms with E-state index in [1.165, 1.54) is 31.0 Å². The minimum atomic E-state index is -0.409. The first-order valence-corrected chi connectivity index (χ1v) is 14.5. The van der Waals surface area contributed by atoms with E-state index in [0.717, 1.165) is 26.7 Å². The Kier molecular flexibility index (Phi) is 7.91. The number of nitro benzene ring substituents is 1. The lowest BCUT2D eigenvalue weighted by Gasteiger charge is -2.26. The highest BCUT2D eigenvalue weighted by Crippen LogP contribution is 2.43. The first-order chi connectivity index (χ1) is 20.9. The summed E-state index contributed by atoms with van der Waals surface area (Å²) < 4.78 is 11.2. The normalized spacial score (nSPS) is 16.1. The van der Waals surface area contributed by atoms with Gasteiger partial charge in [0.15, 0.2) is 5.11 Å². The van der Waals surface area contributed by atoms with Crippen LogP contribution in [0.1, 0.15) is 33.9 Å². The van der Waals surface area contributed by atoms with Crippen LogP contribution in [-0.4, -0.2) is 28.1 Å². The van der Waals surface area contributed by atoms with E-state index in [4.69, 9.17) is 21.4 Å². The van der Waals surface area contributed by atoms with Gasteiger partial charge in [-0.3, -0.25) is 15.1 Å². The van der Waals surface area contributed by atoms with Crippen LogP contribution < -0.4 is 10.2 Å². The molecule has 2 atom stereocenters. The molecule has 43 heavy (non-hydrogen) atoms. The number of methoxy groups -OCH3 is 1. The van der Waals surface area contributed by atoms with Gasteiger partial charge in [0, 0.05) is 39.4 Å². The van der Waals surface area contributed by atoms with Gasteiger partial charge in [-0.25, -0.2) is 4.79 Å². The van der Waals surface area contributed by atoms with Crippen molar-refractivity contribution in [3.63, 3.8) is 0 Å². The van der Waals surface area contributed by atoms with Crippen molar-refractivity contribution in [2.24, 2.45) is 0 Å². The molecule has 11 heteroatoms. The van der Waals surface area contributed by atoms with E-state index in [1.54, 1.807) is 30.5 Å². The van der Waals surface area contributed by atoms with Crippen LogP contribution in [0.5, 0.6) is 0 Å². The van der Waals surface area contributed by atoms with E-state index in [0.29, 0.717) is 22.2 Å². The zero-order valence-electron chi connectivity index (χ0n) is 22.7. The number of anilines is 1. The molecule has 1 saturated heterocycles. The van der Waals surface area contributed by atoms with Gasteiger partial charge in [-0.1, -0.05) is 30.0 Å². The van der Waals surface area contributed by atoms with Crippen LogP contribution in [-0.2, 0) is 4.74 Å². The van der Waals surface area contributed by atoms with Gasteiger partial charge >= 0.3 is 5.97 Å². The minimum absolute atomic E-state index is 0.0579. The van der Waals surface area contributed by atoms with E-state index in [1.807, 2.05) is 71.6 Å². The Balaban J connectivity index is 1.30. The summed E-state index contributed by atoms with van der Waals surface area (Å²) in [6.45, 7) is 0. The topological polar surface area (TPSA) is 111 Å². The highest BCUT2D eigenvalue weighted by atomic mass is 32.2. The molecule has 1 N–H and O–H groups in total. The van der Waals surface area contributed by atoms with Crippen LogP contribution in [0.3, 0.4) is 0 Å². The number of nitro groups is 1. The third kappa shape index (κ3) is 5.85. The second kappa shape index (κ2) is 12.1. The molecular weight excluding hydrogens is 585 g/mol. The second-order valence-corrected chi connectivity index (χ2v) is 11.1. The van der Waals surface area contributed by atoms with Gasteiger partial charge in [-0.15, -0.1) is 0 Å². The fraction of sp³-hybridized carbons (Fsp3) is 0.0938. The Morgan fingerprint density at radius 3 is 2.30 bits per heavy atom. The van der Waals surface area contributed by atoms with Gasteiger partial charge in [0.25, 0.3) is 5.69 Å². The van der Waals surface area contributed by atoms with Gasteiger partial charge in [0.2, 0.25) is 0 Å². The molecule has 2 aromatic heterocycles. The van der Waals surface area contributed by atoms with E-state index in [2.05, 4.69) is 10.3 Å². The van der Waals surface area contributed by atoms with E-state index in [9.17, 15) is 14.9 Å². The fourth-order valence-corrected chi connectivity index (χ4v) is 6.09. The number of hydrogen-bond donors (Lipinski definition) is 1. The molecule has 3 aromatic carbocycles. The third-order valence-corrected chi connectivity index (χ3v) is 8.34. The average molecular weight is 609 g/mol. The highest BCUT2D eigenvalue weighted by Gasteiger charge is 2.42. The Morgan fingerprint density at radius 2 is 1.67 bits per heavy atom. The molecule has 0 spiro atoms. The second-order valence-electron chi connectivity index (χ2n) is 9.61. The number of benzene rings is 3. The Hall–Kier alpha value is -5.00. The largest absolute Gasteiger partial charge is 0.465 e. The molecule has 0 aliphatic carbocycles. The molecule has 0 amide bonds. The van der Waals surface area contributed by atoms with E-state index in [-0.39, 0.29) is 17.8 Å². The van der Waals surface area contributed by atoms with Crippen molar-refractivity contribution in [3.05, 3.63) is 136 Å². The molecule has 1 fully saturated rings. The maximum absolute atomic E-state index is 11.9. The number of nitrogens with one attached hydrogen (secondary N) is 1. The van der Waals surface area contributed by atoms with Crippen LogP contribution >= 0.6 is 24.0 Å². The molecule has 0 bridgehead atoms. The van der Waals surface area contributed by atoms with E-state index >= 15 is 0 Å². The molecule has 0 unspecified atom stereocenters. The SMILES string of the molecule is COC(=O)c1ccc(-c2ccc([C@H]3[C@@H](c4ccccn4)NC(=S)N3c3ccc(Sc4ccc([N+](=O)[O-])cc4)cc3)o2)cc1. The summed E-state index contributed by atoms with van der Waals surface area (Å²) >= 11 is 7.35. The number of ether oxygens (including phenoxy) is 1. The predicted molar refractivity (Wildman–Crippen MR) is 167 cm³/mol. The van der Waals surface area contributed by atoms with Crippen molar-refractivity contribution in [1.29, 1.82) is 0 Å². The van der Waals surface area contributed by atoms with Crippen LogP contribution in [0.25, 0.3) is 11.3 Å². The standard InChI is InChI=1S/C32H24N4O5S2/c1-40-31(37)21-7-5-20(6-8-21)27-17-18-28(41-27)30-29(26-4-2-3-19-33-26)34-32(42)35(30)22-9-13-24(14-10-22)43-25-15-11-23(12-16-25)36(38)39/h2-19,29-30H,1H3,(H,34,42)/t29-,30+/m1/s1. The molecule has 5 aromatic rings. The number of pyridine rings is 1. The number of thiocarbonyl (C=S) groups is 1. The molecule has 0 saturated carbocycles. The van der Waals surface area contributed by atoms with Crippen molar-refractivity contribution in [3.8, 4) is 11.3 Å². The van der Waals surface area contributed by atoms with Crippen LogP contribution in [0.4, 0.5) is 11.4 Å². The highest BCUT2D eigenvalue weighted by molar-refractivity contribution is 7.99. The number of carbonyl (C=O) groups is 1. The van der Waals surface area contributed by atoms with Crippen molar-refractivity contribution < 1.29 is 18.9 Å². The monoisotopic (exact) mass is 608 g/mol. The zero-order chi connectivity index (χ0) is 29.9. The maximum Gasteiger partial charge on any atom is 0.337 e. The lowest BCUT2D eigenvalue weighted by molar-refractivity contribution is -0.384. The van der Waals surface area contributed by atoms with Crippen molar-refractivity contribution in [1.82, 2.24) is 10.3 Å². The van der Waals surface area contributed by atoms with Gasteiger partial charge < -0.3 is 19.4 Å². The van der Waals surface area contributed by atoms with Crippen molar-refractivity contribution in [2.45, 2.75) is 21.9 Å². The summed E-state index contributed by atoms with van der Waals surface area (Å²) in [5, 5.41) is 14.9. The van der Waals surface area contributed by atoms with Gasteiger partial charge in [0.05, 0.1) is 29.3 Å². The molecular formula is C32H24N4O5S2. The number of hydrogen-bond acceptors (Lipinski definition) is 8. The Morgan fingerprint density at radius 1 is 0.977 bits per heavy atom. The summed E-state index contributed by atoms with van der Waals surface area (Å²) in [4.78, 5) is 30.9. The molecule has 214 valence electrons. The predicted octanol–water partition coefficient (Wildman–Crippen LogP) is 7.36. The lowest BCUT2D eigenvalue weighted by atomic mass is 10.0. The van der Waals surface area contributed by atoms with Crippen LogP contribution in [0.2, 0.25) is 0 Å². The van der Waals surface area contributed by atoms with E-state index < -0.39 is 10.9 Å². The smallest absolute Gasteiger partial charge is 0.337 e. The number of rotatable bonds is 8. The maximum atomic E-state index is 11.9. The van der Waals surface area contributed by atoms with Crippen molar-refractivity contribution >= 4 is 46.4 Å². The number of nitrogens with zero attached hydrogens (tertiary/aromatic N) is 3. The third-order valence-electron chi connectivity index (χ3n) is 7.01. The molecule has 0 radical (unpaired) electrons. The molecule has 1 aliphatic heterocycles. The number of aromatic nitrogens is 1. The summed E-state index contributed by atoms with van der Waals surface area (Å²) in [6.07, 6.45) is 1.75. The average Bonchev–Trinajstić information content (AvgIpc) is 3.66. The molecule has 6 rings (SSSR count).